The Labute approximate surface area is 167 Å². The summed E-state index contributed by atoms with van der Waals surface area (Å²) in [6.07, 6.45) is 5.07. The lowest BCUT2D eigenvalue weighted by Gasteiger charge is -2.49. The van der Waals surface area contributed by atoms with Crippen LogP contribution in [-0.4, -0.2) is 67.6 Å². The summed E-state index contributed by atoms with van der Waals surface area (Å²) in [5, 5.41) is 22.9. The Bertz CT molecular complexity index is 862. The number of thioether (sulfide) groups is 2. The van der Waals surface area contributed by atoms with E-state index in [2.05, 4.69) is 26.8 Å². The summed E-state index contributed by atoms with van der Waals surface area (Å²) >= 11 is 4.24. The summed E-state index contributed by atoms with van der Waals surface area (Å²) in [6.45, 7) is 1.89. The highest BCUT2D eigenvalue weighted by Gasteiger charge is 2.54. The van der Waals surface area contributed by atoms with Gasteiger partial charge >= 0.3 is 12.0 Å². The van der Waals surface area contributed by atoms with Gasteiger partial charge < -0.3 is 15.7 Å². The van der Waals surface area contributed by atoms with Crippen molar-refractivity contribution in [2.75, 3.05) is 18.1 Å². The molecule has 9 nitrogen and oxygen atoms in total. The van der Waals surface area contributed by atoms with Gasteiger partial charge in [-0.25, -0.2) is 9.59 Å². The fourth-order valence-electron chi connectivity index (χ4n) is 2.60. The number of carbonyl (C=O) groups is 3. The van der Waals surface area contributed by atoms with Crippen molar-refractivity contribution in [3.8, 4) is 12.3 Å². The Morgan fingerprint density at radius 2 is 2.26 bits per heavy atom. The van der Waals surface area contributed by atoms with E-state index in [0.717, 1.165) is 9.35 Å². The molecule has 2 aliphatic heterocycles. The van der Waals surface area contributed by atoms with Crippen LogP contribution in [0.15, 0.2) is 15.6 Å². The number of β-lactam (4-membered cyclic amide) rings is 1. The molecule has 3 N–H and O–H groups in total. The minimum atomic E-state index is -1.16. The third-order valence-corrected chi connectivity index (χ3v) is 7.16. The fraction of sp³-hybridized carbons (Fsp3) is 0.400. The minimum absolute atomic E-state index is 0.0143. The molecule has 12 heteroatoms. The Balaban J connectivity index is 1.70. The molecule has 1 fully saturated rings. The van der Waals surface area contributed by atoms with Crippen LogP contribution in [0.1, 0.15) is 5.01 Å². The molecular formula is C15H15N5O4S3. The minimum Gasteiger partial charge on any atom is -0.477 e. The Morgan fingerprint density at radius 3 is 2.89 bits per heavy atom. The second-order valence-corrected chi connectivity index (χ2v) is 9.06. The van der Waals surface area contributed by atoms with Crippen molar-refractivity contribution >= 4 is 52.8 Å². The number of aliphatic carboxylic acids is 1. The van der Waals surface area contributed by atoms with Gasteiger partial charge in [0.05, 0.1) is 6.54 Å². The number of hydrogen-bond donors (Lipinski definition) is 3. The maximum absolute atomic E-state index is 12.4. The molecule has 2 aliphatic rings. The predicted octanol–water partition coefficient (Wildman–Crippen LogP) is 0.493. The van der Waals surface area contributed by atoms with Gasteiger partial charge in [0.25, 0.3) is 5.91 Å². The number of aryl methyl sites for hydroxylation is 1. The smallest absolute Gasteiger partial charge is 0.352 e. The first kappa shape index (κ1) is 19.5. The van der Waals surface area contributed by atoms with Gasteiger partial charge in [-0.1, -0.05) is 29.0 Å². The van der Waals surface area contributed by atoms with E-state index in [1.54, 1.807) is 0 Å². The molecule has 1 aromatic heterocycles. The van der Waals surface area contributed by atoms with Gasteiger partial charge in [0.1, 0.15) is 22.1 Å². The Kier molecular flexibility index (Phi) is 5.93. The molecule has 142 valence electrons. The molecular weight excluding hydrogens is 410 g/mol. The Morgan fingerprint density at radius 1 is 1.48 bits per heavy atom. The van der Waals surface area contributed by atoms with Crippen LogP contribution in [0.5, 0.6) is 0 Å². The van der Waals surface area contributed by atoms with E-state index in [0.29, 0.717) is 17.1 Å². The first-order valence-electron chi connectivity index (χ1n) is 7.73. The lowest BCUT2D eigenvalue weighted by atomic mass is 10.0. The number of aromatic nitrogens is 2. The maximum atomic E-state index is 12.4. The van der Waals surface area contributed by atoms with Gasteiger partial charge in [-0.2, -0.15) is 0 Å². The summed E-state index contributed by atoms with van der Waals surface area (Å²) in [4.78, 5) is 37.2. The zero-order valence-corrected chi connectivity index (χ0v) is 16.5. The molecule has 0 aliphatic carbocycles. The number of nitrogens with zero attached hydrogens (tertiary/aromatic N) is 3. The second kappa shape index (κ2) is 8.20. The van der Waals surface area contributed by atoms with Crippen molar-refractivity contribution in [3.05, 3.63) is 16.3 Å². The van der Waals surface area contributed by atoms with Gasteiger partial charge in [0.15, 0.2) is 4.34 Å². The summed E-state index contributed by atoms with van der Waals surface area (Å²) < 4.78 is 0.747. The molecule has 3 heterocycles. The number of nitrogens with one attached hydrogen (secondary N) is 2. The molecule has 1 aromatic rings. The van der Waals surface area contributed by atoms with Crippen LogP contribution in [0.25, 0.3) is 0 Å². The summed E-state index contributed by atoms with van der Waals surface area (Å²) in [5.41, 5.74) is 0.629. The van der Waals surface area contributed by atoms with Crippen molar-refractivity contribution in [1.82, 2.24) is 25.7 Å². The number of terminal acetylenes is 1. The maximum Gasteiger partial charge on any atom is 0.352 e. The van der Waals surface area contributed by atoms with E-state index in [1.165, 1.54) is 39.8 Å². The van der Waals surface area contributed by atoms with E-state index in [9.17, 15) is 19.5 Å². The number of carboxylic acid groups (broad SMARTS) is 1. The number of carbonyl (C=O) groups excluding carboxylic acids is 2. The summed E-state index contributed by atoms with van der Waals surface area (Å²) in [6, 6.07) is -1.33. The summed E-state index contributed by atoms with van der Waals surface area (Å²) in [5.74, 6) is 1.51. The third-order valence-electron chi connectivity index (χ3n) is 3.76. The van der Waals surface area contributed by atoms with Gasteiger partial charge in [-0.05, 0) is 12.5 Å². The van der Waals surface area contributed by atoms with Crippen LogP contribution in [-0.2, 0) is 9.59 Å². The molecule has 1 saturated heterocycles. The number of amides is 3. The van der Waals surface area contributed by atoms with E-state index >= 15 is 0 Å². The molecule has 0 radical (unpaired) electrons. The van der Waals surface area contributed by atoms with Crippen LogP contribution in [0.3, 0.4) is 0 Å². The SMILES string of the molecule is C#CCNC(=O)NC1C(=O)N2C(C(=O)O)=C(CSc3nnc(C)s3)CS[C@H]12. The highest BCUT2D eigenvalue weighted by molar-refractivity contribution is 8.01. The molecule has 0 bridgehead atoms. The molecule has 0 spiro atoms. The first-order chi connectivity index (χ1) is 12.9. The molecule has 0 aromatic carbocycles. The zero-order valence-electron chi connectivity index (χ0n) is 14.1. The van der Waals surface area contributed by atoms with Gasteiger partial charge in [-0.3, -0.25) is 9.69 Å². The van der Waals surface area contributed by atoms with E-state index in [1.807, 2.05) is 6.92 Å². The van der Waals surface area contributed by atoms with Crippen LogP contribution in [0.4, 0.5) is 4.79 Å². The normalized spacial score (nSPS) is 21.2. The van der Waals surface area contributed by atoms with Crippen LogP contribution >= 0.6 is 34.9 Å². The standard InChI is InChI=1S/C15H15N5O4S3/c1-3-4-16-14(24)17-9-11(21)20-10(13(22)23)8(5-25-12(9)20)6-26-15-19-18-7(2)27-15/h1,9,12H,4-6H2,2H3,(H,22,23)(H2,16,17,24)/t9?,12-/m1/s1. The topological polar surface area (TPSA) is 125 Å². The monoisotopic (exact) mass is 425 g/mol. The van der Waals surface area contributed by atoms with Gasteiger partial charge in [-0.15, -0.1) is 28.4 Å². The largest absolute Gasteiger partial charge is 0.477 e. The van der Waals surface area contributed by atoms with Gasteiger partial charge in [0, 0.05) is 11.5 Å². The molecule has 3 amide bonds. The molecule has 0 saturated carbocycles. The van der Waals surface area contributed by atoms with Crippen LogP contribution < -0.4 is 10.6 Å². The lowest BCUT2D eigenvalue weighted by Crippen LogP contribution is -2.71. The quantitative estimate of drug-likeness (QED) is 0.342. The van der Waals surface area contributed by atoms with E-state index in [4.69, 9.17) is 6.42 Å². The van der Waals surface area contributed by atoms with Gasteiger partial charge in [0.2, 0.25) is 0 Å². The third kappa shape index (κ3) is 4.05. The zero-order chi connectivity index (χ0) is 19.6. The van der Waals surface area contributed by atoms with Crippen molar-refractivity contribution in [2.45, 2.75) is 22.7 Å². The van der Waals surface area contributed by atoms with Crippen molar-refractivity contribution in [2.24, 2.45) is 0 Å². The average molecular weight is 426 g/mol. The molecule has 27 heavy (non-hydrogen) atoms. The average Bonchev–Trinajstić information content (AvgIpc) is 3.06. The number of carboxylic acids is 1. The number of rotatable bonds is 6. The molecule has 2 atom stereocenters. The second-order valence-electron chi connectivity index (χ2n) is 5.55. The van der Waals surface area contributed by atoms with E-state index in [-0.39, 0.29) is 12.2 Å². The highest BCUT2D eigenvalue weighted by atomic mass is 32.2. The van der Waals surface area contributed by atoms with Crippen molar-refractivity contribution in [1.29, 1.82) is 0 Å². The van der Waals surface area contributed by atoms with Crippen molar-refractivity contribution < 1.29 is 19.5 Å². The van der Waals surface area contributed by atoms with Crippen LogP contribution in [0.2, 0.25) is 0 Å². The lowest BCUT2D eigenvalue weighted by molar-refractivity contribution is -0.148. The Hall–Kier alpha value is -2.23. The summed E-state index contributed by atoms with van der Waals surface area (Å²) in [7, 11) is 0. The number of urea groups is 1. The molecule has 3 rings (SSSR count). The highest BCUT2D eigenvalue weighted by Crippen LogP contribution is 2.41. The fourth-order valence-corrected chi connectivity index (χ4v) is 5.90. The number of fused-ring (bicyclic) bond motifs is 1. The first-order valence-corrected chi connectivity index (χ1v) is 10.6. The predicted molar refractivity (Wildman–Crippen MR) is 102 cm³/mol. The van der Waals surface area contributed by atoms with E-state index < -0.39 is 29.3 Å². The number of hydrogen-bond acceptors (Lipinski definition) is 8. The molecule has 1 unspecified atom stereocenters. The van der Waals surface area contributed by atoms with Crippen molar-refractivity contribution in [3.63, 3.8) is 0 Å². The van der Waals surface area contributed by atoms with Crippen LogP contribution in [0, 0.1) is 19.3 Å².